The van der Waals surface area contributed by atoms with Crippen LogP contribution in [0.4, 0.5) is 34.1 Å². The molecule has 0 amide bonds. The quantitative estimate of drug-likeness (QED) is 0.106. The summed E-state index contributed by atoms with van der Waals surface area (Å²) < 4.78 is 0. The van der Waals surface area contributed by atoms with Crippen LogP contribution in [0.3, 0.4) is 0 Å². The predicted octanol–water partition coefficient (Wildman–Crippen LogP) is 20.2. The third kappa shape index (κ3) is 9.59. The normalized spacial score (nSPS) is 12.6. The maximum atomic E-state index is 2.42. The third-order valence-electron chi connectivity index (χ3n) is 15.2. The Morgan fingerprint density at radius 1 is 0.338 bits per heavy atom. The van der Waals surface area contributed by atoms with Crippen LogP contribution in [0.15, 0.2) is 267 Å². The molecule has 0 fully saturated rings. The highest BCUT2D eigenvalue weighted by atomic mass is 15.1. The Labute approximate surface area is 435 Å². The molecular formula is C72H58N2. The fourth-order valence-corrected chi connectivity index (χ4v) is 10.8. The molecule has 0 aliphatic carbocycles. The number of benzene rings is 12. The minimum Gasteiger partial charge on any atom is -0.310 e. The molecule has 0 N–H and O–H groups in total. The fourth-order valence-electron chi connectivity index (χ4n) is 10.8. The Kier molecular flexibility index (Phi) is 12.6. The first-order valence-electron chi connectivity index (χ1n) is 26.0. The van der Waals surface area contributed by atoms with Crippen molar-refractivity contribution in [3.8, 4) is 0 Å². The second-order valence-electron chi connectivity index (χ2n) is 20.0. The number of nitrogens with zero attached hydrogens (tertiary/aromatic N) is 2. The average molecular weight is 951 g/mol. The van der Waals surface area contributed by atoms with Gasteiger partial charge >= 0.3 is 0 Å². The Morgan fingerprint density at radius 3 is 1.32 bits per heavy atom. The smallest absolute Gasteiger partial charge is 0.0468 e. The zero-order valence-electron chi connectivity index (χ0n) is 42.2. The molecule has 12 aromatic carbocycles. The molecule has 0 spiro atoms. The summed E-state index contributed by atoms with van der Waals surface area (Å²) in [7, 11) is 0. The van der Waals surface area contributed by atoms with Gasteiger partial charge in [0.25, 0.3) is 0 Å². The molecule has 12 aromatic rings. The van der Waals surface area contributed by atoms with Crippen molar-refractivity contribution in [2.75, 3.05) is 9.80 Å². The molecule has 74 heavy (non-hydrogen) atoms. The van der Waals surface area contributed by atoms with E-state index in [1.807, 2.05) is 0 Å². The number of allylic oxidation sites excluding steroid dienone is 1. The number of anilines is 6. The summed E-state index contributed by atoms with van der Waals surface area (Å²) in [5.41, 5.74) is 15.5. The molecule has 2 atom stereocenters. The molecule has 0 heterocycles. The molecule has 2 unspecified atom stereocenters. The number of fused-ring (bicyclic) bond motifs is 4. The van der Waals surface area contributed by atoms with Crippen LogP contribution in [-0.4, -0.2) is 0 Å². The monoisotopic (exact) mass is 950 g/mol. The van der Waals surface area contributed by atoms with E-state index in [9.17, 15) is 0 Å². The molecule has 0 aliphatic rings. The molecule has 0 saturated carbocycles. The van der Waals surface area contributed by atoms with Crippen molar-refractivity contribution in [3.05, 3.63) is 300 Å². The number of aryl methyl sites for hydroxylation is 1. The van der Waals surface area contributed by atoms with Crippen LogP contribution in [0, 0.1) is 6.92 Å². The number of hydrogen-bond donors (Lipinski definition) is 0. The van der Waals surface area contributed by atoms with E-state index in [0.29, 0.717) is 11.8 Å². The van der Waals surface area contributed by atoms with Gasteiger partial charge in [0.05, 0.1) is 0 Å². The van der Waals surface area contributed by atoms with Gasteiger partial charge in [-0.3, -0.25) is 0 Å². The Balaban J connectivity index is 0.913. The Hall–Kier alpha value is -8.98. The minimum absolute atomic E-state index is 0.292. The molecular weight excluding hydrogens is 893 g/mol. The summed E-state index contributed by atoms with van der Waals surface area (Å²) in [5, 5.41) is 9.93. The van der Waals surface area contributed by atoms with E-state index in [-0.39, 0.29) is 0 Å². The molecule has 2 nitrogen and oxygen atoms in total. The molecule has 0 saturated heterocycles. The number of hydrogen-bond acceptors (Lipinski definition) is 2. The van der Waals surface area contributed by atoms with Crippen molar-refractivity contribution in [3.63, 3.8) is 0 Å². The summed E-state index contributed by atoms with van der Waals surface area (Å²) in [6.07, 6.45) is 3.14. The van der Waals surface area contributed by atoms with Crippen molar-refractivity contribution in [2.45, 2.75) is 39.0 Å². The topological polar surface area (TPSA) is 6.48 Å². The maximum Gasteiger partial charge on any atom is 0.0468 e. The van der Waals surface area contributed by atoms with E-state index in [2.05, 4.69) is 304 Å². The Morgan fingerprint density at radius 2 is 0.757 bits per heavy atom. The first kappa shape index (κ1) is 46.1. The highest BCUT2D eigenvalue weighted by Crippen LogP contribution is 2.42. The highest BCUT2D eigenvalue weighted by Gasteiger charge is 2.21. The largest absolute Gasteiger partial charge is 0.310 e. The second kappa shape index (κ2) is 20.3. The van der Waals surface area contributed by atoms with Gasteiger partial charge in [0, 0.05) is 34.1 Å². The van der Waals surface area contributed by atoms with E-state index in [1.165, 1.54) is 76.5 Å². The van der Waals surface area contributed by atoms with E-state index in [0.717, 1.165) is 46.1 Å². The number of rotatable bonds is 13. The van der Waals surface area contributed by atoms with Crippen molar-refractivity contribution in [1.29, 1.82) is 0 Å². The summed E-state index contributed by atoms with van der Waals surface area (Å²) in [4.78, 5) is 4.80. The molecule has 0 radical (unpaired) electrons. The lowest BCUT2D eigenvalue weighted by atomic mass is 9.83. The lowest BCUT2D eigenvalue weighted by Gasteiger charge is -2.28. The molecule has 2 heteroatoms. The first-order chi connectivity index (χ1) is 36.4. The van der Waals surface area contributed by atoms with Crippen LogP contribution in [0.25, 0.3) is 54.7 Å². The minimum atomic E-state index is 0.292. The summed E-state index contributed by atoms with van der Waals surface area (Å²) in [6.45, 7) is 6.88. The standard InChI is InChI=1S/C72H58N2/c1-50-26-36-67(37-27-50)73(71-40-34-57-17-6-10-21-63(57)48-71)69-24-12-14-54(44-69)43-66(65-33-31-56-16-5-9-20-62(56)46-65)42-53-28-38-68(39-29-53)74(72-41-35-58-18-7-11-22-64(58)49-72)70-25-13-23-59(47-70)51(2)52(3)60-32-30-55-15-4-8-19-61(55)45-60/h4-42,44-49,51-52H,43H2,1-3H3/b66-42-. The van der Waals surface area contributed by atoms with Gasteiger partial charge in [-0.1, -0.05) is 214 Å². The van der Waals surface area contributed by atoms with Gasteiger partial charge in [0.15, 0.2) is 0 Å². The van der Waals surface area contributed by atoms with E-state index in [1.54, 1.807) is 0 Å². The SMILES string of the molecule is Cc1ccc(N(c2cccc(C/C(=C/c3ccc(N(c4cccc(C(C)C(C)c5ccc6ccccc6c5)c4)c4ccc5ccccc5c4)cc3)c3ccc4ccccc4c3)c2)c2ccc3ccccc3c2)cc1. The van der Waals surface area contributed by atoms with Gasteiger partial charge in [0.1, 0.15) is 0 Å². The first-order valence-corrected chi connectivity index (χ1v) is 26.0. The van der Waals surface area contributed by atoms with E-state index >= 15 is 0 Å². The zero-order valence-corrected chi connectivity index (χ0v) is 42.2. The van der Waals surface area contributed by atoms with Crippen LogP contribution in [-0.2, 0) is 6.42 Å². The third-order valence-corrected chi connectivity index (χ3v) is 15.2. The Bertz CT molecular complexity index is 4000. The summed E-state index contributed by atoms with van der Waals surface area (Å²) in [6, 6.07) is 98.3. The van der Waals surface area contributed by atoms with Gasteiger partial charge in [-0.2, -0.15) is 0 Å². The molecule has 0 aromatic heterocycles. The summed E-state index contributed by atoms with van der Waals surface area (Å²) >= 11 is 0. The van der Waals surface area contributed by atoms with Gasteiger partial charge in [-0.25, -0.2) is 0 Å². The van der Waals surface area contributed by atoms with Crippen LogP contribution in [0.1, 0.15) is 59.1 Å². The summed E-state index contributed by atoms with van der Waals surface area (Å²) in [5.74, 6) is 0.617. The lowest BCUT2D eigenvalue weighted by Crippen LogP contribution is -2.11. The van der Waals surface area contributed by atoms with Crippen molar-refractivity contribution in [1.82, 2.24) is 0 Å². The van der Waals surface area contributed by atoms with E-state index < -0.39 is 0 Å². The second-order valence-corrected chi connectivity index (χ2v) is 20.0. The fraction of sp³-hybridized carbons (Fsp3) is 0.0833. The molecule has 12 rings (SSSR count). The average Bonchev–Trinajstić information content (AvgIpc) is 3.45. The lowest BCUT2D eigenvalue weighted by molar-refractivity contribution is 0.624. The zero-order chi connectivity index (χ0) is 50.0. The van der Waals surface area contributed by atoms with Crippen LogP contribution in [0.2, 0.25) is 0 Å². The van der Waals surface area contributed by atoms with Crippen LogP contribution < -0.4 is 9.80 Å². The van der Waals surface area contributed by atoms with Gasteiger partial charge < -0.3 is 9.80 Å². The van der Waals surface area contributed by atoms with Crippen LogP contribution >= 0.6 is 0 Å². The molecule has 0 bridgehead atoms. The molecule has 0 aliphatic heterocycles. The van der Waals surface area contributed by atoms with Gasteiger partial charge in [-0.15, -0.1) is 0 Å². The van der Waals surface area contributed by atoms with Gasteiger partial charge in [0.2, 0.25) is 0 Å². The van der Waals surface area contributed by atoms with Crippen LogP contribution in [0.5, 0.6) is 0 Å². The predicted molar refractivity (Wildman–Crippen MR) is 318 cm³/mol. The van der Waals surface area contributed by atoms with Crippen molar-refractivity contribution in [2.24, 2.45) is 0 Å². The van der Waals surface area contributed by atoms with Crippen molar-refractivity contribution >= 4 is 88.9 Å². The van der Waals surface area contributed by atoms with E-state index in [4.69, 9.17) is 0 Å². The van der Waals surface area contributed by atoms with Gasteiger partial charge in [-0.05, 0) is 181 Å². The van der Waals surface area contributed by atoms with Crippen molar-refractivity contribution < 1.29 is 0 Å². The maximum absolute atomic E-state index is 2.42. The molecule has 356 valence electrons. The highest BCUT2D eigenvalue weighted by molar-refractivity contribution is 5.93.